The van der Waals surface area contributed by atoms with Crippen molar-refractivity contribution >= 4 is 18.2 Å². The first-order valence-electron chi connectivity index (χ1n) is 11.3. The summed E-state index contributed by atoms with van der Waals surface area (Å²) in [7, 11) is 0. The molecule has 9 heteroatoms. The van der Waals surface area contributed by atoms with Gasteiger partial charge in [-0.1, -0.05) is 43.8 Å². The van der Waals surface area contributed by atoms with Crippen LogP contribution in [0.15, 0.2) is 42.5 Å². The summed E-state index contributed by atoms with van der Waals surface area (Å²) >= 11 is 0. The molecule has 0 amide bonds. The summed E-state index contributed by atoms with van der Waals surface area (Å²) in [4.78, 5) is 35.5. The van der Waals surface area contributed by atoms with Crippen LogP contribution in [0.3, 0.4) is 0 Å². The molecule has 2 heterocycles. The molecule has 9 nitrogen and oxygen atoms in total. The van der Waals surface area contributed by atoms with Gasteiger partial charge in [-0.3, -0.25) is 9.59 Å². The Kier molecular flexibility index (Phi) is 7.33. The lowest BCUT2D eigenvalue weighted by Gasteiger charge is -2.49. The molecule has 34 heavy (non-hydrogen) atoms. The number of benzene rings is 1. The minimum absolute atomic E-state index is 0.0167. The van der Waals surface area contributed by atoms with Crippen molar-refractivity contribution in [3.05, 3.63) is 48.0 Å². The van der Waals surface area contributed by atoms with Gasteiger partial charge in [-0.15, -0.1) is 0 Å². The summed E-state index contributed by atoms with van der Waals surface area (Å²) in [6.07, 6.45) is -2.94. The third-order valence-electron chi connectivity index (χ3n) is 6.91. The molecule has 2 fully saturated rings. The number of hydrogen-bond donors (Lipinski definition) is 3. The van der Waals surface area contributed by atoms with Crippen LogP contribution in [-0.2, 0) is 35.0 Å². The number of hydrogen-bond acceptors (Lipinski definition) is 8. The number of carboxylic acid groups (broad SMARTS) is 1. The summed E-state index contributed by atoms with van der Waals surface area (Å²) in [6, 6.07) is 9.71. The number of aldehydes is 1. The molecule has 0 spiro atoms. The zero-order valence-corrected chi connectivity index (χ0v) is 19.6. The largest absolute Gasteiger partial charge is 0.479 e. The maximum Gasteiger partial charge on any atom is 0.339 e. The van der Waals surface area contributed by atoms with E-state index in [-0.39, 0.29) is 25.0 Å². The Morgan fingerprint density at radius 2 is 1.97 bits per heavy atom. The number of fused-ring (bicyclic) bond motifs is 2. The van der Waals surface area contributed by atoms with Crippen LogP contribution in [0.25, 0.3) is 0 Å². The van der Waals surface area contributed by atoms with Gasteiger partial charge in [0.05, 0.1) is 6.10 Å². The van der Waals surface area contributed by atoms with Crippen LogP contribution in [0.1, 0.15) is 45.6 Å². The monoisotopic (exact) mass is 476 g/mol. The summed E-state index contributed by atoms with van der Waals surface area (Å²) in [5, 5.41) is 31.4. The fraction of sp³-hybridized carbons (Fsp3) is 0.560. The quantitative estimate of drug-likeness (QED) is 0.262. The highest BCUT2D eigenvalue weighted by Crippen LogP contribution is 2.53. The van der Waals surface area contributed by atoms with Crippen molar-refractivity contribution in [3.63, 3.8) is 0 Å². The molecule has 2 bridgehead atoms. The molecule has 7 atom stereocenters. The number of rotatable bonds is 10. The molecule has 0 aromatic heterocycles. The summed E-state index contributed by atoms with van der Waals surface area (Å²) < 4.78 is 17.0. The average Bonchev–Trinajstić information content (AvgIpc) is 3.06. The van der Waals surface area contributed by atoms with E-state index in [4.69, 9.17) is 14.2 Å². The highest BCUT2D eigenvalue weighted by atomic mass is 16.8. The fourth-order valence-electron chi connectivity index (χ4n) is 5.02. The summed E-state index contributed by atoms with van der Waals surface area (Å²) in [5.74, 6) is -3.91. The van der Waals surface area contributed by atoms with Gasteiger partial charge in [-0.2, -0.15) is 0 Å². The number of aliphatic hydroxyl groups is 2. The van der Waals surface area contributed by atoms with Gasteiger partial charge < -0.3 is 29.5 Å². The average molecular weight is 477 g/mol. The first-order valence-corrected chi connectivity index (χ1v) is 11.3. The van der Waals surface area contributed by atoms with Crippen LogP contribution < -0.4 is 0 Å². The second-order valence-corrected chi connectivity index (χ2v) is 9.32. The van der Waals surface area contributed by atoms with Gasteiger partial charge in [0.1, 0.15) is 12.2 Å². The highest BCUT2D eigenvalue weighted by Gasteiger charge is 2.75. The molecule has 3 N–H and O–H groups in total. The van der Waals surface area contributed by atoms with Crippen molar-refractivity contribution in [2.45, 2.75) is 81.8 Å². The van der Waals surface area contributed by atoms with E-state index >= 15 is 0 Å². The highest BCUT2D eigenvalue weighted by molar-refractivity contribution is 5.87. The van der Waals surface area contributed by atoms with E-state index in [1.165, 1.54) is 13.8 Å². The Balaban J connectivity index is 1.79. The molecule has 2 aliphatic rings. The third kappa shape index (κ3) is 4.40. The first-order chi connectivity index (χ1) is 15.9. The molecule has 4 unspecified atom stereocenters. The van der Waals surface area contributed by atoms with E-state index in [0.717, 1.165) is 5.56 Å². The lowest BCUT2D eigenvalue weighted by Crippen LogP contribution is -2.71. The van der Waals surface area contributed by atoms with Crippen LogP contribution in [0.5, 0.6) is 0 Å². The van der Waals surface area contributed by atoms with E-state index in [9.17, 15) is 29.7 Å². The lowest BCUT2D eigenvalue weighted by molar-refractivity contribution is -0.369. The van der Waals surface area contributed by atoms with Gasteiger partial charge in [0.2, 0.25) is 5.60 Å². The number of ether oxygens (including phenoxy) is 3. The van der Waals surface area contributed by atoms with Gasteiger partial charge in [-0.25, -0.2) is 4.79 Å². The van der Waals surface area contributed by atoms with Crippen molar-refractivity contribution in [3.8, 4) is 0 Å². The minimum Gasteiger partial charge on any atom is -0.479 e. The van der Waals surface area contributed by atoms with Crippen molar-refractivity contribution in [2.24, 2.45) is 5.92 Å². The maximum atomic E-state index is 12.1. The van der Waals surface area contributed by atoms with Gasteiger partial charge in [0.25, 0.3) is 0 Å². The van der Waals surface area contributed by atoms with Gasteiger partial charge in [0, 0.05) is 25.7 Å². The van der Waals surface area contributed by atoms with E-state index < -0.39 is 53.7 Å². The number of aliphatic hydroxyl groups excluding tert-OH is 1. The van der Waals surface area contributed by atoms with Gasteiger partial charge in [-0.05, 0) is 30.9 Å². The van der Waals surface area contributed by atoms with Crippen LogP contribution >= 0.6 is 0 Å². The molecule has 0 aliphatic carbocycles. The minimum atomic E-state index is -2.47. The van der Waals surface area contributed by atoms with E-state index in [1.807, 2.05) is 37.3 Å². The second-order valence-electron chi connectivity index (χ2n) is 9.32. The van der Waals surface area contributed by atoms with Gasteiger partial charge in [0.15, 0.2) is 17.7 Å². The molecule has 0 radical (unpaired) electrons. The predicted molar refractivity (Wildman–Crippen MR) is 120 cm³/mol. The third-order valence-corrected chi connectivity index (χ3v) is 6.91. The zero-order valence-electron chi connectivity index (χ0n) is 19.6. The molecule has 2 saturated heterocycles. The number of carboxylic acids is 1. The van der Waals surface area contributed by atoms with Crippen molar-refractivity contribution in [2.75, 3.05) is 0 Å². The van der Waals surface area contributed by atoms with Crippen LogP contribution in [0.4, 0.5) is 0 Å². The molecule has 0 saturated carbocycles. The molecule has 3 rings (SSSR count). The number of esters is 1. The molecule has 2 aliphatic heterocycles. The molecular weight excluding hydrogens is 444 g/mol. The number of carbonyl (C=O) groups excluding carboxylic acids is 2. The van der Waals surface area contributed by atoms with E-state index in [1.54, 1.807) is 0 Å². The second kappa shape index (κ2) is 9.58. The Bertz CT molecular complexity index is 947. The number of aliphatic carboxylic acids is 1. The predicted octanol–water partition coefficient (Wildman–Crippen LogP) is 1.78. The smallest absolute Gasteiger partial charge is 0.339 e. The Morgan fingerprint density at radius 1 is 1.32 bits per heavy atom. The zero-order chi connectivity index (χ0) is 25.3. The first kappa shape index (κ1) is 26.0. The van der Waals surface area contributed by atoms with E-state index in [0.29, 0.717) is 12.0 Å². The number of carbonyl (C=O) groups is 3. The molecule has 186 valence electrons. The van der Waals surface area contributed by atoms with Crippen molar-refractivity contribution in [1.29, 1.82) is 0 Å². The lowest BCUT2D eigenvalue weighted by atomic mass is 9.78. The van der Waals surface area contributed by atoms with Crippen LogP contribution in [-0.4, -0.2) is 68.8 Å². The Labute approximate surface area is 198 Å². The van der Waals surface area contributed by atoms with E-state index in [2.05, 4.69) is 6.58 Å². The summed E-state index contributed by atoms with van der Waals surface area (Å²) in [6.45, 7) is 8.69. The standard InChI is InChI=1S/C25H32O9/c1-15(21(32-18(4)27)16(2)12-19-8-6-5-7-9-19)10-11-25-20(28)13-24(34-25,22(29)30)23(31,14-26)17(3)33-25/h5-9,14,16-17,20-21,28,31H,1,10-13H2,2-4H3,(H,29,30)/t16-,17?,20-,21-,23?,24?,25?/m1/s1. The van der Waals surface area contributed by atoms with Crippen molar-refractivity contribution < 1.29 is 43.9 Å². The SMILES string of the molecule is C=C(CCC12OC(C)C(O)(C=O)C(C(=O)O)(C[C@H]1O)O2)[C@@H](OC(C)=O)[C@H](C)Cc1ccccc1. The molecule has 1 aromatic carbocycles. The topological polar surface area (TPSA) is 140 Å². The summed E-state index contributed by atoms with van der Waals surface area (Å²) in [5.41, 5.74) is -3.20. The van der Waals surface area contributed by atoms with Crippen LogP contribution in [0.2, 0.25) is 0 Å². The Hall–Kier alpha value is -2.59. The van der Waals surface area contributed by atoms with Crippen molar-refractivity contribution in [1.82, 2.24) is 0 Å². The van der Waals surface area contributed by atoms with Crippen LogP contribution in [0, 0.1) is 5.92 Å². The van der Waals surface area contributed by atoms with Gasteiger partial charge >= 0.3 is 11.9 Å². The normalized spacial score (nSPS) is 34.1. The molecular formula is C25H32O9. The Morgan fingerprint density at radius 3 is 2.53 bits per heavy atom. The maximum absolute atomic E-state index is 12.1. The fourth-order valence-corrected chi connectivity index (χ4v) is 5.02. The molecule has 1 aromatic rings.